The molecule has 0 bridgehead atoms. The Bertz CT molecular complexity index is 518. The highest BCUT2D eigenvalue weighted by Gasteiger charge is 2.22. The Morgan fingerprint density at radius 1 is 1.30 bits per heavy atom. The quantitative estimate of drug-likeness (QED) is 0.804. The van der Waals surface area contributed by atoms with Crippen molar-refractivity contribution in [1.29, 1.82) is 0 Å². The minimum atomic E-state index is -0.709. The average molecular weight is 318 g/mol. The molecule has 5 nitrogen and oxygen atoms in total. The van der Waals surface area contributed by atoms with Gasteiger partial charge >= 0.3 is 0 Å². The molecule has 0 spiro atoms. The molecule has 0 aromatic heterocycles. The van der Waals surface area contributed by atoms with E-state index in [1.165, 1.54) is 6.42 Å². The van der Waals surface area contributed by atoms with Gasteiger partial charge in [-0.1, -0.05) is 50.1 Å². The van der Waals surface area contributed by atoms with E-state index in [1.807, 2.05) is 30.3 Å². The fraction of sp³-hybridized carbons (Fsp3) is 0.556. The Morgan fingerprint density at radius 2 is 2.04 bits per heavy atom. The van der Waals surface area contributed by atoms with Crippen molar-refractivity contribution in [1.82, 2.24) is 5.32 Å². The van der Waals surface area contributed by atoms with Gasteiger partial charge in [0.15, 0.2) is 0 Å². The second-order valence-corrected chi connectivity index (χ2v) is 6.42. The Hall–Kier alpha value is -1.88. The lowest BCUT2D eigenvalue weighted by molar-refractivity contribution is -0.132. The molecule has 0 aliphatic heterocycles. The van der Waals surface area contributed by atoms with Crippen LogP contribution in [0, 0.1) is 5.92 Å². The predicted molar refractivity (Wildman–Crippen MR) is 88.6 cm³/mol. The van der Waals surface area contributed by atoms with Crippen LogP contribution in [0.15, 0.2) is 30.3 Å². The van der Waals surface area contributed by atoms with Crippen LogP contribution < -0.4 is 11.1 Å². The molecule has 3 N–H and O–H groups in total. The second kappa shape index (κ2) is 8.67. The molecule has 2 amide bonds. The van der Waals surface area contributed by atoms with Crippen molar-refractivity contribution in [3.05, 3.63) is 35.9 Å². The molecule has 1 saturated carbocycles. The van der Waals surface area contributed by atoms with E-state index in [-0.39, 0.29) is 18.6 Å². The number of hydrogen-bond acceptors (Lipinski definition) is 3. The van der Waals surface area contributed by atoms with Crippen LogP contribution in [0.25, 0.3) is 0 Å². The molecular weight excluding hydrogens is 292 g/mol. The maximum absolute atomic E-state index is 12.0. The van der Waals surface area contributed by atoms with Crippen LogP contribution in [-0.4, -0.2) is 30.6 Å². The number of amides is 2. The van der Waals surface area contributed by atoms with E-state index in [0.717, 1.165) is 24.8 Å². The third-order valence-electron chi connectivity index (χ3n) is 4.30. The lowest BCUT2D eigenvalue weighted by Crippen LogP contribution is -2.47. The number of primary amides is 1. The Morgan fingerprint density at radius 3 is 2.70 bits per heavy atom. The number of carbonyl (C=O) groups excluding carboxylic acids is 2. The maximum Gasteiger partial charge on any atom is 0.246 e. The zero-order chi connectivity index (χ0) is 16.7. The van der Waals surface area contributed by atoms with E-state index in [4.69, 9.17) is 10.5 Å². The summed E-state index contributed by atoms with van der Waals surface area (Å²) in [6.07, 6.45) is 4.91. The molecule has 126 valence electrons. The van der Waals surface area contributed by atoms with Gasteiger partial charge < -0.3 is 15.8 Å². The van der Waals surface area contributed by atoms with Crippen molar-refractivity contribution in [2.75, 3.05) is 6.61 Å². The number of benzene rings is 1. The number of hydrogen-bond donors (Lipinski definition) is 2. The third kappa shape index (κ3) is 6.02. The summed E-state index contributed by atoms with van der Waals surface area (Å²) in [5.74, 6) is -0.176. The van der Waals surface area contributed by atoms with E-state index in [2.05, 4.69) is 12.2 Å². The first-order chi connectivity index (χ1) is 11.0. The molecule has 1 fully saturated rings. The Kier molecular flexibility index (Phi) is 6.59. The van der Waals surface area contributed by atoms with Crippen LogP contribution >= 0.6 is 0 Å². The zero-order valence-corrected chi connectivity index (χ0v) is 13.7. The predicted octanol–water partition coefficient (Wildman–Crippen LogP) is 1.79. The second-order valence-electron chi connectivity index (χ2n) is 6.42. The SMILES string of the molecule is C[C@@H]1CCC[C@H](OCC(=O)N[C@H](Cc2ccccc2)C(N)=O)C1. The minimum absolute atomic E-state index is 0.0179. The van der Waals surface area contributed by atoms with Crippen LogP contribution in [0.1, 0.15) is 38.2 Å². The third-order valence-corrected chi connectivity index (χ3v) is 4.30. The van der Waals surface area contributed by atoms with Crippen LogP contribution in [0.3, 0.4) is 0 Å². The lowest BCUT2D eigenvalue weighted by atomic mass is 9.89. The summed E-state index contributed by atoms with van der Waals surface area (Å²) in [5.41, 5.74) is 6.35. The van der Waals surface area contributed by atoms with Gasteiger partial charge in [0, 0.05) is 6.42 Å². The van der Waals surface area contributed by atoms with E-state index in [1.54, 1.807) is 0 Å². The molecule has 0 radical (unpaired) electrons. The molecule has 0 unspecified atom stereocenters. The molecule has 1 aliphatic rings. The average Bonchev–Trinajstić information content (AvgIpc) is 2.53. The fourth-order valence-corrected chi connectivity index (χ4v) is 3.03. The molecule has 1 aromatic rings. The zero-order valence-electron chi connectivity index (χ0n) is 13.7. The molecular formula is C18H26N2O3. The van der Waals surface area contributed by atoms with Gasteiger partial charge in [-0.2, -0.15) is 0 Å². The summed E-state index contributed by atoms with van der Waals surface area (Å²) in [6, 6.07) is 8.79. The monoisotopic (exact) mass is 318 g/mol. The highest BCUT2D eigenvalue weighted by molar-refractivity contribution is 5.87. The molecule has 1 aliphatic carbocycles. The van der Waals surface area contributed by atoms with E-state index < -0.39 is 11.9 Å². The van der Waals surface area contributed by atoms with Crippen molar-refractivity contribution >= 4 is 11.8 Å². The highest BCUT2D eigenvalue weighted by Crippen LogP contribution is 2.25. The van der Waals surface area contributed by atoms with Gasteiger partial charge in [-0.15, -0.1) is 0 Å². The molecule has 2 rings (SSSR count). The highest BCUT2D eigenvalue weighted by atomic mass is 16.5. The van der Waals surface area contributed by atoms with E-state index >= 15 is 0 Å². The summed E-state index contributed by atoms with van der Waals surface area (Å²) >= 11 is 0. The molecule has 0 heterocycles. The Balaban J connectivity index is 1.80. The molecule has 23 heavy (non-hydrogen) atoms. The number of rotatable bonds is 7. The van der Waals surface area contributed by atoms with Crippen molar-refractivity contribution in [2.24, 2.45) is 11.7 Å². The van der Waals surface area contributed by atoms with Gasteiger partial charge in [-0.25, -0.2) is 0 Å². The first-order valence-corrected chi connectivity index (χ1v) is 8.29. The van der Waals surface area contributed by atoms with Crippen molar-refractivity contribution in [3.63, 3.8) is 0 Å². The molecule has 3 atom stereocenters. The minimum Gasteiger partial charge on any atom is -0.368 e. The van der Waals surface area contributed by atoms with Crippen molar-refractivity contribution < 1.29 is 14.3 Å². The van der Waals surface area contributed by atoms with Crippen LogP contribution in [-0.2, 0) is 20.7 Å². The number of carbonyl (C=O) groups is 2. The summed E-state index contributed by atoms with van der Waals surface area (Å²) in [5, 5.41) is 2.68. The van der Waals surface area contributed by atoms with Crippen LogP contribution in [0.4, 0.5) is 0 Å². The van der Waals surface area contributed by atoms with Crippen molar-refractivity contribution in [2.45, 2.75) is 51.2 Å². The van der Waals surface area contributed by atoms with Gasteiger partial charge in [0.05, 0.1) is 6.10 Å². The van der Waals surface area contributed by atoms with Gasteiger partial charge in [0.25, 0.3) is 0 Å². The normalized spacial score (nSPS) is 22.3. The first-order valence-electron chi connectivity index (χ1n) is 8.29. The van der Waals surface area contributed by atoms with Gasteiger partial charge in [0.2, 0.25) is 11.8 Å². The number of nitrogens with two attached hydrogens (primary N) is 1. The maximum atomic E-state index is 12.0. The summed E-state index contributed by atoms with van der Waals surface area (Å²) in [6.45, 7) is 2.19. The van der Waals surface area contributed by atoms with E-state index in [9.17, 15) is 9.59 Å². The first kappa shape index (κ1) is 17.5. The smallest absolute Gasteiger partial charge is 0.246 e. The topological polar surface area (TPSA) is 81.4 Å². The lowest BCUT2D eigenvalue weighted by Gasteiger charge is -2.26. The van der Waals surface area contributed by atoms with Crippen LogP contribution in [0.5, 0.6) is 0 Å². The van der Waals surface area contributed by atoms with Gasteiger partial charge in [0.1, 0.15) is 12.6 Å². The summed E-state index contributed by atoms with van der Waals surface area (Å²) in [4.78, 5) is 23.6. The van der Waals surface area contributed by atoms with Gasteiger partial charge in [-0.3, -0.25) is 9.59 Å². The fourth-order valence-electron chi connectivity index (χ4n) is 3.03. The standard InChI is InChI=1S/C18H26N2O3/c1-13-6-5-9-15(10-13)23-12-17(21)20-16(18(19)22)11-14-7-3-2-4-8-14/h2-4,7-8,13,15-16H,5-6,9-12H2,1H3,(H2,19,22)(H,20,21)/t13-,15+,16-/m1/s1. The largest absolute Gasteiger partial charge is 0.368 e. The summed E-state index contributed by atoms with van der Waals surface area (Å²) < 4.78 is 5.68. The number of ether oxygens (including phenoxy) is 1. The summed E-state index contributed by atoms with van der Waals surface area (Å²) in [7, 11) is 0. The molecule has 0 saturated heterocycles. The van der Waals surface area contributed by atoms with Crippen LogP contribution in [0.2, 0.25) is 0 Å². The van der Waals surface area contributed by atoms with Gasteiger partial charge in [-0.05, 0) is 24.3 Å². The number of nitrogens with one attached hydrogen (secondary N) is 1. The molecule has 5 heteroatoms. The van der Waals surface area contributed by atoms with Crippen molar-refractivity contribution in [3.8, 4) is 0 Å². The Labute approximate surface area is 137 Å². The van der Waals surface area contributed by atoms with E-state index in [0.29, 0.717) is 12.3 Å². The molecule has 1 aromatic carbocycles.